The Morgan fingerprint density at radius 2 is 2.16 bits per heavy atom. The van der Waals surface area contributed by atoms with Gasteiger partial charge in [-0.3, -0.25) is 4.79 Å². The molecule has 3 rings (SSSR count). The number of carbonyl (C=O) groups excluding carboxylic acids is 1. The molecular weight excluding hydrogens is 264 g/mol. The number of piperazine rings is 1. The first-order valence-corrected chi connectivity index (χ1v) is 6.46. The number of benzene rings is 1. The molecule has 2 heterocycles. The van der Waals surface area contributed by atoms with Gasteiger partial charge in [0.05, 0.1) is 13.2 Å². The number of rotatable bonds is 1. The Bertz CT molecular complexity index is 479. The first-order chi connectivity index (χ1) is 8.74. The molecule has 0 bridgehead atoms. The van der Waals surface area contributed by atoms with Crippen LogP contribution in [-0.4, -0.2) is 36.5 Å². The molecule has 19 heavy (non-hydrogen) atoms. The number of fused-ring (bicyclic) bond motifs is 1. The maximum Gasteiger partial charge on any atom is 0.253 e. The molecular formula is C14H19ClN2O2. The van der Waals surface area contributed by atoms with Crippen LogP contribution < -0.4 is 5.32 Å². The number of nitrogens with one attached hydrogen (secondary N) is 1. The van der Waals surface area contributed by atoms with Gasteiger partial charge in [0.1, 0.15) is 0 Å². The lowest BCUT2D eigenvalue weighted by Crippen LogP contribution is -2.51. The van der Waals surface area contributed by atoms with Gasteiger partial charge in [0.2, 0.25) is 0 Å². The molecule has 0 spiro atoms. The van der Waals surface area contributed by atoms with Crippen LogP contribution >= 0.6 is 12.4 Å². The van der Waals surface area contributed by atoms with Crippen LogP contribution in [0, 0.1) is 0 Å². The molecule has 5 heteroatoms. The van der Waals surface area contributed by atoms with Crippen molar-refractivity contribution in [3.8, 4) is 0 Å². The Morgan fingerprint density at radius 3 is 2.95 bits per heavy atom. The molecule has 1 amide bonds. The minimum absolute atomic E-state index is 0. The molecule has 0 saturated carbocycles. The number of carbonyl (C=O) groups is 1. The SMILES string of the molecule is CC1CN(C(=O)c2ccc3c(c2)COC3)CCN1.Cl. The van der Waals surface area contributed by atoms with E-state index in [0.717, 1.165) is 30.8 Å². The van der Waals surface area contributed by atoms with Crippen molar-refractivity contribution in [1.82, 2.24) is 10.2 Å². The molecule has 1 atom stereocenters. The molecule has 2 aliphatic rings. The third kappa shape index (κ3) is 2.91. The Kier molecular flexibility index (Phi) is 4.45. The first-order valence-electron chi connectivity index (χ1n) is 6.46. The summed E-state index contributed by atoms with van der Waals surface area (Å²) in [5.74, 6) is 0.137. The van der Waals surface area contributed by atoms with Gasteiger partial charge in [0.15, 0.2) is 0 Å². The zero-order valence-electron chi connectivity index (χ0n) is 11.0. The molecule has 1 unspecified atom stereocenters. The normalized spacial score (nSPS) is 21.7. The van der Waals surface area contributed by atoms with Crippen LogP contribution in [0.1, 0.15) is 28.4 Å². The molecule has 104 valence electrons. The summed E-state index contributed by atoms with van der Waals surface area (Å²) in [6.07, 6.45) is 0. The van der Waals surface area contributed by atoms with Gasteiger partial charge >= 0.3 is 0 Å². The van der Waals surface area contributed by atoms with Crippen LogP contribution in [0.4, 0.5) is 0 Å². The van der Waals surface area contributed by atoms with E-state index in [1.807, 2.05) is 23.1 Å². The van der Waals surface area contributed by atoms with Crippen LogP contribution in [-0.2, 0) is 18.0 Å². The summed E-state index contributed by atoms with van der Waals surface area (Å²) in [4.78, 5) is 14.3. The fourth-order valence-electron chi connectivity index (χ4n) is 2.60. The molecule has 1 N–H and O–H groups in total. The second-order valence-corrected chi connectivity index (χ2v) is 5.08. The van der Waals surface area contributed by atoms with Crippen molar-refractivity contribution in [3.63, 3.8) is 0 Å². The number of hydrogen-bond donors (Lipinski definition) is 1. The quantitative estimate of drug-likeness (QED) is 0.850. The number of halogens is 1. The molecule has 1 aromatic rings. The number of hydrogen-bond acceptors (Lipinski definition) is 3. The molecule has 0 radical (unpaired) electrons. The van der Waals surface area contributed by atoms with Gasteiger partial charge in [0, 0.05) is 31.2 Å². The number of amides is 1. The highest BCUT2D eigenvalue weighted by Gasteiger charge is 2.22. The second kappa shape index (κ2) is 5.90. The van der Waals surface area contributed by atoms with Crippen LogP contribution in [0.15, 0.2) is 18.2 Å². The van der Waals surface area contributed by atoms with Gasteiger partial charge in [-0.25, -0.2) is 0 Å². The standard InChI is InChI=1S/C14H18N2O2.ClH/c1-10-7-16(5-4-15-10)14(17)11-2-3-12-8-18-9-13(12)6-11;/h2-3,6,10,15H,4-5,7-9H2,1H3;1H. The number of nitrogens with zero attached hydrogens (tertiary/aromatic N) is 1. The van der Waals surface area contributed by atoms with Crippen molar-refractivity contribution in [2.75, 3.05) is 19.6 Å². The predicted molar refractivity (Wildman–Crippen MR) is 75.6 cm³/mol. The zero-order chi connectivity index (χ0) is 12.5. The summed E-state index contributed by atoms with van der Waals surface area (Å²) in [5.41, 5.74) is 3.15. The van der Waals surface area contributed by atoms with Crippen molar-refractivity contribution >= 4 is 18.3 Å². The van der Waals surface area contributed by atoms with Crippen LogP contribution in [0.3, 0.4) is 0 Å². The Hall–Kier alpha value is -1.10. The second-order valence-electron chi connectivity index (χ2n) is 5.08. The van der Waals surface area contributed by atoms with Crippen molar-refractivity contribution < 1.29 is 9.53 Å². The van der Waals surface area contributed by atoms with E-state index in [0.29, 0.717) is 19.3 Å². The molecule has 0 aliphatic carbocycles. The highest BCUT2D eigenvalue weighted by Crippen LogP contribution is 2.21. The maximum atomic E-state index is 12.4. The van der Waals surface area contributed by atoms with E-state index >= 15 is 0 Å². The summed E-state index contributed by atoms with van der Waals surface area (Å²) in [7, 11) is 0. The van der Waals surface area contributed by atoms with Gasteiger partial charge in [-0.2, -0.15) is 0 Å². The topological polar surface area (TPSA) is 41.6 Å². The van der Waals surface area contributed by atoms with Crippen molar-refractivity contribution in [2.45, 2.75) is 26.2 Å². The zero-order valence-corrected chi connectivity index (χ0v) is 11.8. The Balaban J connectivity index is 0.00000133. The Morgan fingerprint density at radius 1 is 1.37 bits per heavy atom. The summed E-state index contributed by atoms with van der Waals surface area (Å²) >= 11 is 0. The highest BCUT2D eigenvalue weighted by atomic mass is 35.5. The smallest absolute Gasteiger partial charge is 0.253 e. The molecule has 1 saturated heterocycles. The molecule has 2 aliphatic heterocycles. The summed E-state index contributed by atoms with van der Waals surface area (Å²) < 4.78 is 5.38. The predicted octanol–water partition coefficient (Wildman–Crippen LogP) is 1.57. The lowest BCUT2D eigenvalue weighted by atomic mass is 10.0. The fraction of sp³-hybridized carbons (Fsp3) is 0.500. The van der Waals surface area contributed by atoms with Gasteiger partial charge in [-0.1, -0.05) is 6.07 Å². The van der Waals surface area contributed by atoms with E-state index in [4.69, 9.17) is 4.74 Å². The van der Waals surface area contributed by atoms with Crippen LogP contribution in [0.2, 0.25) is 0 Å². The molecule has 1 aromatic carbocycles. The number of ether oxygens (including phenoxy) is 1. The summed E-state index contributed by atoms with van der Waals surface area (Å²) in [6, 6.07) is 6.29. The molecule has 4 nitrogen and oxygen atoms in total. The van der Waals surface area contributed by atoms with Crippen molar-refractivity contribution in [1.29, 1.82) is 0 Å². The first kappa shape index (κ1) is 14.3. The average molecular weight is 283 g/mol. The van der Waals surface area contributed by atoms with E-state index in [-0.39, 0.29) is 18.3 Å². The third-order valence-corrected chi connectivity index (χ3v) is 3.62. The van der Waals surface area contributed by atoms with Crippen LogP contribution in [0.5, 0.6) is 0 Å². The third-order valence-electron chi connectivity index (χ3n) is 3.62. The van der Waals surface area contributed by atoms with Gasteiger partial charge in [-0.05, 0) is 30.2 Å². The van der Waals surface area contributed by atoms with Crippen LogP contribution in [0.25, 0.3) is 0 Å². The monoisotopic (exact) mass is 282 g/mol. The highest BCUT2D eigenvalue weighted by molar-refractivity contribution is 5.94. The lowest BCUT2D eigenvalue weighted by molar-refractivity contribution is 0.0709. The summed E-state index contributed by atoms with van der Waals surface area (Å²) in [5, 5.41) is 3.35. The minimum Gasteiger partial charge on any atom is -0.372 e. The lowest BCUT2D eigenvalue weighted by Gasteiger charge is -2.32. The van der Waals surface area contributed by atoms with Crippen molar-refractivity contribution in [3.05, 3.63) is 34.9 Å². The molecule has 1 fully saturated rings. The van der Waals surface area contributed by atoms with E-state index in [9.17, 15) is 4.79 Å². The average Bonchev–Trinajstić information content (AvgIpc) is 2.85. The van der Waals surface area contributed by atoms with E-state index in [2.05, 4.69) is 12.2 Å². The summed E-state index contributed by atoms with van der Waals surface area (Å²) in [6.45, 7) is 5.86. The molecule has 0 aromatic heterocycles. The van der Waals surface area contributed by atoms with E-state index in [1.165, 1.54) is 5.56 Å². The minimum atomic E-state index is 0. The maximum absolute atomic E-state index is 12.4. The van der Waals surface area contributed by atoms with Crippen molar-refractivity contribution in [2.24, 2.45) is 0 Å². The van der Waals surface area contributed by atoms with E-state index in [1.54, 1.807) is 0 Å². The van der Waals surface area contributed by atoms with Gasteiger partial charge in [0.25, 0.3) is 5.91 Å². The fourth-order valence-corrected chi connectivity index (χ4v) is 2.60. The van der Waals surface area contributed by atoms with E-state index < -0.39 is 0 Å². The van der Waals surface area contributed by atoms with Gasteiger partial charge in [-0.15, -0.1) is 12.4 Å². The van der Waals surface area contributed by atoms with Gasteiger partial charge < -0.3 is 15.0 Å². The largest absolute Gasteiger partial charge is 0.372 e. The Labute approximate surface area is 119 Å².